The maximum absolute atomic E-state index is 12.1. The van der Waals surface area contributed by atoms with Gasteiger partial charge in [-0.05, 0) is 18.3 Å². The van der Waals surface area contributed by atoms with Crippen molar-refractivity contribution in [3.8, 4) is 0 Å². The Morgan fingerprint density at radius 1 is 1.55 bits per heavy atom. The Morgan fingerprint density at radius 3 is 2.95 bits per heavy atom. The number of carbonyl (C=O) groups is 1. The fourth-order valence-electron chi connectivity index (χ4n) is 2.44. The van der Waals surface area contributed by atoms with E-state index in [1.807, 2.05) is 0 Å². The minimum Gasteiger partial charge on any atom is -0.381 e. The molecule has 3 heterocycles. The van der Waals surface area contributed by atoms with Gasteiger partial charge in [0.2, 0.25) is 0 Å². The topological polar surface area (TPSA) is 81.1 Å². The van der Waals surface area contributed by atoms with Crippen LogP contribution in [0, 0.1) is 5.41 Å². The maximum atomic E-state index is 12.1. The van der Waals surface area contributed by atoms with Crippen molar-refractivity contribution in [2.45, 2.75) is 25.8 Å². The molecule has 0 spiro atoms. The van der Waals surface area contributed by atoms with Crippen molar-refractivity contribution >= 4 is 5.91 Å². The summed E-state index contributed by atoms with van der Waals surface area (Å²) in [5.41, 5.74) is 0.523. The Labute approximate surface area is 118 Å². The van der Waals surface area contributed by atoms with Gasteiger partial charge in [0.05, 0.1) is 12.2 Å². The molecule has 1 amide bonds. The largest absolute Gasteiger partial charge is 0.381 e. The van der Waals surface area contributed by atoms with E-state index in [4.69, 9.17) is 4.74 Å². The van der Waals surface area contributed by atoms with Crippen LogP contribution in [0.5, 0.6) is 0 Å². The summed E-state index contributed by atoms with van der Waals surface area (Å²) < 4.78 is 7.13. The molecule has 2 aliphatic heterocycles. The van der Waals surface area contributed by atoms with E-state index in [1.54, 1.807) is 10.9 Å². The average molecular weight is 279 g/mol. The van der Waals surface area contributed by atoms with Crippen LogP contribution in [0.2, 0.25) is 0 Å². The molecule has 0 aliphatic carbocycles. The monoisotopic (exact) mass is 279 g/mol. The summed E-state index contributed by atoms with van der Waals surface area (Å²) in [5.74, 6) is -0.142. The van der Waals surface area contributed by atoms with Crippen molar-refractivity contribution in [2.75, 3.05) is 32.8 Å². The van der Waals surface area contributed by atoms with E-state index < -0.39 is 0 Å². The summed E-state index contributed by atoms with van der Waals surface area (Å²) in [4.78, 5) is 12.1. The number of carbonyl (C=O) groups excluding carboxylic acids is 1. The van der Waals surface area contributed by atoms with Crippen molar-refractivity contribution in [2.24, 2.45) is 5.41 Å². The minimum absolute atomic E-state index is 0.127. The van der Waals surface area contributed by atoms with Gasteiger partial charge in [0.15, 0.2) is 5.69 Å². The average Bonchev–Trinajstić information content (AvgIpc) is 2.84. The number of nitrogens with zero attached hydrogens (tertiary/aromatic N) is 3. The first-order valence-electron chi connectivity index (χ1n) is 7.15. The van der Waals surface area contributed by atoms with E-state index in [-0.39, 0.29) is 11.3 Å². The highest BCUT2D eigenvalue weighted by molar-refractivity contribution is 5.91. The van der Waals surface area contributed by atoms with Gasteiger partial charge in [-0.2, -0.15) is 0 Å². The number of nitrogens with one attached hydrogen (secondary N) is 2. The first kappa shape index (κ1) is 13.5. The van der Waals surface area contributed by atoms with Gasteiger partial charge in [0, 0.05) is 32.8 Å². The van der Waals surface area contributed by atoms with Crippen molar-refractivity contribution in [1.82, 2.24) is 25.6 Å². The summed E-state index contributed by atoms with van der Waals surface area (Å²) in [7, 11) is 0. The van der Waals surface area contributed by atoms with Gasteiger partial charge in [0.1, 0.15) is 0 Å². The first-order valence-corrected chi connectivity index (χ1v) is 7.15. The minimum atomic E-state index is -0.142. The van der Waals surface area contributed by atoms with Crippen LogP contribution in [0.3, 0.4) is 0 Å². The van der Waals surface area contributed by atoms with Crippen LogP contribution in [0.15, 0.2) is 6.20 Å². The SMILES string of the molecule is CC1(CNC(=O)c2cn(C3CNC3)nn2)CCOCC1. The molecular weight excluding hydrogens is 258 g/mol. The zero-order valence-electron chi connectivity index (χ0n) is 11.8. The molecule has 2 N–H and O–H groups in total. The van der Waals surface area contributed by atoms with Gasteiger partial charge in [-0.1, -0.05) is 12.1 Å². The van der Waals surface area contributed by atoms with Gasteiger partial charge in [-0.15, -0.1) is 5.10 Å². The van der Waals surface area contributed by atoms with Gasteiger partial charge in [-0.3, -0.25) is 4.79 Å². The van der Waals surface area contributed by atoms with Gasteiger partial charge < -0.3 is 15.4 Å². The fraction of sp³-hybridized carbons (Fsp3) is 0.769. The third-order valence-electron chi connectivity index (χ3n) is 4.25. The predicted octanol–water partition coefficient (Wildman–Crippen LogP) is -0.0311. The van der Waals surface area contributed by atoms with Crippen molar-refractivity contribution in [3.05, 3.63) is 11.9 Å². The van der Waals surface area contributed by atoms with Gasteiger partial charge in [-0.25, -0.2) is 4.68 Å². The predicted molar refractivity (Wildman–Crippen MR) is 72.4 cm³/mol. The summed E-state index contributed by atoms with van der Waals surface area (Å²) in [6, 6.07) is 0.331. The molecule has 0 unspecified atom stereocenters. The molecular formula is C13H21N5O2. The van der Waals surface area contributed by atoms with Crippen LogP contribution in [-0.4, -0.2) is 53.7 Å². The normalized spacial score (nSPS) is 22.2. The fourth-order valence-corrected chi connectivity index (χ4v) is 2.44. The van der Waals surface area contributed by atoms with E-state index >= 15 is 0 Å². The highest BCUT2D eigenvalue weighted by Gasteiger charge is 2.28. The van der Waals surface area contributed by atoms with Crippen LogP contribution in [0.25, 0.3) is 0 Å². The number of amides is 1. The number of hydrogen-bond donors (Lipinski definition) is 2. The Bertz CT molecular complexity index is 477. The van der Waals surface area contributed by atoms with Crippen LogP contribution >= 0.6 is 0 Å². The highest BCUT2D eigenvalue weighted by atomic mass is 16.5. The molecule has 0 aromatic carbocycles. The molecule has 7 heteroatoms. The summed E-state index contributed by atoms with van der Waals surface area (Å²) >= 11 is 0. The number of aromatic nitrogens is 3. The highest BCUT2D eigenvalue weighted by Crippen LogP contribution is 2.28. The van der Waals surface area contributed by atoms with Crippen LogP contribution in [-0.2, 0) is 4.74 Å². The number of rotatable bonds is 4. The summed E-state index contributed by atoms with van der Waals surface area (Å²) in [5, 5.41) is 14.1. The molecule has 110 valence electrons. The zero-order chi connectivity index (χ0) is 14.0. The Hall–Kier alpha value is -1.47. The number of ether oxygens (including phenoxy) is 1. The summed E-state index contributed by atoms with van der Waals surface area (Å²) in [6.45, 7) is 6.18. The zero-order valence-corrected chi connectivity index (χ0v) is 11.8. The third-order valence-corrected chi connectivity index (χ3v) is 4.25. The van der Waals surface area contributed by atoms with E-state index in [0.29, 0.717) is 18.3 Å². The second-order valence-corrected chi connectivity index (χ2v) is 6.00. The smallest absolute Gasteiger partial charge is 0.273 e. The lowest BCUT2D eigenvalue weighted by Gasteiger charge is -2.33. The lowest BCUT2D eigenvalue weighted by Crippen LogP contribution is -2.43. The van der Waals surface area contributed by atoms with Gasteiger partial charge in [0.25, 0.3) is 5.91 Å². The Kier molecular flexibility index (Phi) is 3.71. The number of hydrogen-bond acceptors (Lipinski definition) is 5. The second-order valence-electron chi connectivity index (χ2n) is 6.00. The molecule has 1 aromatic heterocycles. The van der Waals surface area contributed by atoms with E-state index in [2.05, 4.69) is 27.9 Å². The maximum Gasteiger partial charge on any atom is 0.273 e. The lowest BCUT2D eigenvalue weighted by molar-refractivity contribution is 0.0238. The van der Waals surface area contributed by atoms with E-state index in [9.17, 15) is 4.79 Å². The van der Waals surface area contributed by atoms with Gasteiger partial charge >= 0.3 is 0 Å². The molecule has 2 fully saturated rings. The van der Waals surface area contributed by atoms with Crippen molar-refractivity contribution < 1.29 is 9.53 Å². The molecule has 1 aromatic rings. The molecule has 0 saturated carbocycles. The van der Waals surface area contributed by atoms with Crippen molar-refractivity contribution in [1.29, 1.82) is 0 Å². The lowest BCUT2D eigenvalue weighted by atomic mass is 9.82. The summed E-state index contributed by atoms with van der Waals surface area (Å²) in [6.07, 6.45) is 3.69. The molecule has 0 bridgehead atoms. The quantitative estimate of drug-likeness (QED) is 0.809. The molecule has 0 radical (unpaired) electrons. The standard InChI is InChI=1S/C13H21N5O2/c1-13(2-4-20-5-3-13)9-15-12(19)11-8-18(17-16-11)10-6-14-7-10/h8,10,14H,2-7,9H2,1H3,(H,15,19). The molecule has 3 rings (SSSR count). The third kappa shape index (κ3) is 2.83. The van der Waals surface area contributed by atoms with E-state index in [0.717, 1.165) is 39.1 Å². The molecule has 2 aliphatic rings. The molecule has 2 saturated heterocycles. The molecule has 0 atom stereocenters. The van der Waals surface area contributed by atoms with Crippen LogP contribution < -0.4 is 10.6 Å². The Balaban J connectivity index is 1.54. The van der Waals surface area contributed by atoms with E-state index in [1.165, 1.54) is 0 Å². The molecule has 7 nitrogen and oxygen atoms in total. The van der Waals surface area contributed by atoms with Crippen molar-refractivity contribution in [3.63, 3.8) is 0 Å². The Morgan fingerprint density at radius 2 is 2.30 bits per heavy atom. The van der Waals surface area contributed by atoms with Crippen LogP contribution in [0.4, 0.5) is 0 Å². The molecule has 20 heavy (non-hydrogen) atoms. The first-order chi connectivity index (χ1) is 9.66. The van der Waals surface area contributed by atoms with Crippen LogP contribution in [0.1, 0.15) is 36.3 Å². The second kappa shape index (κ2) is 5.49.